The maximum Gasteiger partial charge on any atom is 0.188 e. The molecule has 0 radical (unpaired) electrons. The molecule has 4 rings (SSSR count). The van der Waals surface area contributed by atoms with Gasteiger partial charge in [-0.1, -0.05) is 30.3 Å². The highest BCUT2D eigenvalue weighted by molar-refractivity contribution is 6.33. The van der Waals surface area contributed by atoms with E-state index in [0.717, 1.165) is 11.4 Å². The first-order valence-electron chi connectivity index (χ1n) is 9.29. The molecule has 2 aromatic rings. The van der Waals surface area contributed by atoms with Crippen LogP contribution in [-0.4, -0.2) is 44.8 Å². The van der Waals surface area contributed by atoms with Gasteiger partial charge < -0.3 is 19.7 Å². The molecule has 0 atom stereocenters. The molecule has 7 heteroatoms. The van der Waals surface area contributed by atoms with Crippen molar-refractivity contribution in [1.29, 1.82) is 5.41 Å². The van der Waals surface area contributed by atoms with Crippen molar-refractivity contribution < 1.29 is 14.3 Å². The maximum absolute atomic E-state index is 12.7. The van der Waals surface area contributed by atoms with Crippen molar-refractivity contribution in [3.8, 4) is 11.5 Å². The number of aliphatic imine (C=N–C) groups is 1. The molecule has 0 amide bonds. The van der Waals surface area contributed by atoms with Gasteiger partial charge in [0.1, 0.15) is 23.2 Å². The highest BCUT2D eigenvalue weighted by Crippen LogP contribution is 2.32. The highest BCUT2D eigenvalue weighted by atomic mass is 16.5. The molecular weight excluding hydrogens is 368 g/mol. The van der Waals surface area contributed by atoms with Gasteiger partial charge >= 0.3 is 0 Å². The van der Waals surface area contributed by atoms with E-state index >= 15 is 0 Å². The standard InChI is InChI=1S/C22H22N4O3/c1-28-16-9-15(10-17(11-16)29-2)26-13-19(27)21(22(26)23)18-12-24-20(25-18)8-14-6-4-3-5-7-14/h3-7,9-11,23H,8,12-13H2,1-2H3,(H,24,25). The second-order valence-electron chi connectivity index (χ2n) is 6.83. The van der Waals surface area contributed by atoms with Crippen LogP contribution in [0.15, 0.2) is 64.8 Å². The van der Waals surface area contributed by atoms with Crippen LogP contribution in [0.1, 0.15) is 5.56 Å². The summed E-state index contributed by atoms with van der Waals surface area (Å²) in [6.45, 7) is 0.477. The van der Waals surface area contributed by atoms with Gasteiger partial charge in [-0.3, -0.25) is 15.2 Å². The molecular formula is C22H22N4O3. The zero-order chi connectivity index (χ0) is 20.4. The average molecular weight is 390 g/mol. The van der Waals surface area contributed by atoms with Crippen molar-refractivity contribution in [2.24, 2.45) is 4.99 Å². The molecule has 7 nitrogen and oxygen atoms in total. The van der Waals surface area contributed by atoms with Crippen molar-refractivity contribution >= 4 is 23.1 Å². The third-order valence-electron chi connectivity index (χ3n) is 4.97. The number of ether oxygens (including phenoxy) is 2. The Hall–Kier alpha value is -3.61. The van der Waals surface area contributed by atoms with Crippen molar-refractivity contribution in [1.82, 2.24) is 5.32 Å². The summed E-state index contributed by atoms with van der Waals surface area (Å²) in [7, 11) is 3.14. The van der Waals surface area contributed by atoms with Crippen LogP contribution in [0.25, 0.3) is 0 Å². The normalized spacial score (nSPS) is 18.7. The third kappa shape index (κ3) is 3.71. The van der Waals surface area contributed by atoms with E-state index in [2.05, 4.69) is 10.3 Å². The van der Waals surface area contributed by atoms with Crippen molar-refractivity contribution in [2.75, 3.05) is 32.2 Å². The van der Waals surface area contributed by atoms with Gasteiger partial charge in [0.05, 0.1) is 44.3 Å². The Morgan fingerprint density at radius 2 is 1.79 bits per heavy atom. The fraction of sp³-hybridized carbons (Fsp3) is 0.227. The Morgan fingerprint density at radius 3 is 2.45 bits per heavy atom. The van der Waals surface area contributed by atoms with Crippen molar-refractivity contribution in [3.05, 3.63) is 65.4 Å². The first-order valence-corrected chi connectivity index (χ1v) is 9.29. The second kappa shape index (κ2) is 7.79. The van der Waals surface area contributed by atoms with E-state index in [1.54, 1.807) is 37.3 Å². The highest BCUT2D eigenvalue weighted by Gasteiger charge is 2.35. The van der Waals surface area contributed by atoms with Crippen molar-refractivity contribution in [3.63, 3.8) is 0 Å². The smallest absolute Gasteiger partial charge is 0.188 e. The largest absolute Gasteiger partial charge is 0.497 e. The van der Waals surface area contributed by atoms with Crippen LogP contribution in [0.2, 0.25) is 0 Å². The number of amidine groups is 2. The second-order valence-corrected chi connectivity index (χ2v) is 6.83. The molecule has 0 bridgehead atoms. The molecule has 0 spiro atoms. The zero-order valence-electron chi connectivity index (χ0n) is 16.4. The SMILES string of the molecule is COc1cc(OC)cc(N2CC(=O)C(=C3CN=C(Cc4ccccc4)N3)C2=N)c1. The lowest BCUT2D eigenvalue weighted by molar-refractivity contribution is -0.113. The number of methoxy groups -OCH3 is 2. The van der Waals surface area contributed by atoms with E-state index in [-0.39, 0.29) is 18.2 Å². The number of nitrogens with one attached hydrogen (secondary N) is 2. The Balaban J connectivity index is 1.56. The number of benzene rings is 2. The van der Waals surface area contributed by atoms with Crippen molar-refractivity contribution in [2.45, 2.75) is 6.42 Å². The first kappa shape index (κ1) is 18.7. The molecule has 1 fully saturated rings. The molecule has 0 aliphatic carbocycles. The third-order valence-corrected chi connectivity index (χ3v) is 4.97. The van der Waals surface area contributed by atoms with E-state index < -0.39 is 0 Å². The topological polar surface area (TPSA) is 87.0 Å². The Morgan fingerprint density at radius 1 is 1.10 bits per heavy atom. The van der Waals surface area contributed by atoms with Gasteiger partial charge in [-0.05, 0) is 5.56 Å². The van der Waals surface area contributed by atoms with Crippen LogP contribution in [0.5, 0.6) is 11.5 Å². The average Bonchev–Trinajstić information content (AvgIpc) is 3.31. The van der Waals surface area contributed by atoms with E-state index in [0.29, 0.717) is 41.4 Å². The summed E-state index contributed by atoms with van der Waals surface area (Å²) in [6.07, 6.45) is 0.663. The molecule has 0 unspecified atom stereocenters. The summed E-state index contributed by atoms with van der Waals surface area (Å²) in [5.41, 5.74) is 2.89. The minimum Gasteiger partial charge on any atom is -0.497 e. The molecule has 0 aromatic heterocycles. The molecule has 0 saturated carbocycles. The van der Waals surface area contributed by atoms with Gasteiger partial charge in [0.15, 0.2) is 5.78 Å². The van der Waals surface area contributed by atoms with Gasteiger partial charge in [-0.2, -0.15) is 0 Å². The number of anilines is 1. The fourth-order valence-corrected chi connectivity index (χ4v) is 3.51. The number of ketones is 1. The Bertz CT molecular complexity index is 1010. The monoisotopic (exact) mass is 390 g/mol. The number of hydrogen-bond donors (Lipinski definition) is 2. The first-order chi connectivity index (χ1) is 14.1. The lowest BCUT2D eigenvalue weighted by atomic mass is 10.1. The number of carbonyl (C=O) groups excluding carboxylic acids is 1. The van der Waals surface area contributed by atoms with Crippen LogP contribution in [-0.2, 0) is 11.2 Å². The molecule has 2 N–H and O–H groups in total. The molecule has 29 heavy (non-hydrogen) atoms. The molecule has 148 valence electrons. The van der Waals surface area contributed by atoms with Gasteiger partial charge in [0.2, 0.25) is 0 Å². The van der Waals surface area contributed by atoms with Crippen LogP contribution in [0, 0.1) is 5.41 Å². The predicted octanol–water partition coefficient (Wildman–Crippen LogP) is 2.57. The number of nitrogens with zero attached hydrogens (tertiary/aromatic N) is 2. The maximum atomic E-state index is 12.7. The predicted molar refractivity (Wildman–Crippen MR) is 112 cm³/mol. The lowest BCUT2D eigenvalue weighted by Gasteiger charge is -2.19. The van der Waals surface area contributed by atoms with Gasteiger partial charge in [-0.25, -0.2) is 0 Å². The van der Waals surface area contributed by atoms with E-state index in [9.17, 15) is 4.79 Å². The van der Waals surface area contributed by atoms with E-state index in [4.69, 9.17) is 14.9 Å². The zero-order valence-corrected chi connectivity index (χ0v) is 16.4. The van der Waals surface area contributed by atoms with Crippen LogP contribution < -0.4 is 19.7 Å². The Kier molecular flexibility index (Phi) is 5.03. The van der Waals surface area contributed by atoms with Gasteiger partial charge in [0.25, 0.3) is 0 Å². The van der Waals surface area contributed by atoms with Crippen LogP contribution in [0.4, 0.5) is 5.69 Å². The quantitative estimate of drug-likeness (QED) is 0.767. The summed E-state index contributed by atoms with van der Waals surface area (Å²) in [4.78, 5) is 18.9. The van der Waals surface area contributed by atoms with Gasteiger partial charge in [-0.15, -0.1) is 0 Å². The summed E-state index contributed by atoms with van der Waals surface area (Å²) in [5, 5.41) is 11.9. The van der Waals surface area contributed by atoms with Gasteiger partial charge in [0, 0.05) is 24.6 Å². The molecule has 2 aliphatic rings. The van der Waals surface area contributed by atoms with E-state index in [1.165, 1.54) is 0 Å². The van der Waals surface area contributed by atoms with Crippen LogP contribution >= 0.6 is 0 Å². The number of hydrogen-bond acceptors (Lipinski definition) is 6. The molecule has 2 aromatic carbocycles. The summed E-state index contributed by atoms with van der Waals surface area (Å²) in [6, 6.07) is 15.4. The fourth-order valence-electron chi connectivity index (χ4n) is 3.51. The molecule has 1 saturated heterocycles. The number of Topliss-reactive ketones (excluding diaryl/α,β-unsaturated/α-hetero) is 1. The number of carbonyl (C=O) groups is 1. The van der Waals surface area contributed by atoms with Crippen LogP contribution in [0.3, 0.4) is 0 Å². The summed E-state index contributed by atoms with van der Waals surface area (Å²) in [5.74, 6) is 2.07. The summed E-state index contributed by atoms with van der Waals surface area (Å²) < 4.78 is 10.6. The minimum atomic E-state index is -0.101. The molecule has 2 aliphatic heterocycles. The lowest BCUT2D eigenvalue weighted by Crippen LogP contribution is -2.26. The summed E-state index contributed by atoms with van der Waals surface area (Å²) >= 11 is 0. The molecule has 2 heterocycles. The Labute approximate surface area is 169 Å². The number of rotatable bonds is 5. The minimum absolute atomic E-state index is 0.101. The van der Waals surface area contributed by atoms with E-state index in [1.807, 2.05) is 30.3 Å².